The standard InChI is InChI=1S/C36H40ClFN6O3/c1-35(2,3)47-34(45)44-23-12-13-24(44)20-42(19-23)32-26-18-39-30(25-10-4-8-22-9-5-11-27(37)28(22)25)29(38)31(26)40-33(41-32)46-21-36-14-6-16-43(36)17-7-15-36/h4-5,8-11,18,23-24H,6-7,12-17,19-21H2,1-3H3. The minimum Gasteiger partial charge on any atom is -0.461 e. The summed E-state index contributed by atoms with van der Waals surface area (Å²) in [4.78, 5) is 34.1. The fourth-order valence-corrected chi connectivity index (χ4v) is 8.64. The van der Waals surface area contributed by atoms with Gasteiger partial charge in [-0.25, -0.2) is 9.18 Å². The number of piperazine rings is 1. The quantitative estimate of drug-likeness (QED) is 0.222. The third kappa shape index (κ3) is 5.33. The minimum atomic E-state index is -0.578. The van der Waals surface area contributed by atoms with Gasteiger partial charge in [0.2, 0.25) is 0 Å². The van der Waals surface area contributed by atoms with Crippen LogP contribution in [0.15, 0.2) is 42.6 Å². The number of ether oxygens (including phenoxy) is 2. The van der Waals surface area contributed by atoms with Crippen molar-refractivity contribution in [3.8, 4) is 17.3 Å². The lowest BCUT2D eigenvalue weighted by Gasteiger charge is -2.42. The van der Waals surface area contributed by atoms with Crippen molar-refractivity contribution < 1.29 is 18.7 Å². The number of hydrogen-bond acceptors (Lipinski definition) is 8. The highest BCUT2D eigenvalue weighted by atomic mass is 35.5. The number of amides is 1. The van der Waals surface area contributed by atoms with Crippen molar-refractivity contribution in [3.63, 3.8) is 0 Å². The number of aromatic nitrogens is 3. The van der Waals surface area contributed by atoms with Crippen LogP contribution in [0.25, 0.3) is 32.9 Å². The first kappa shape index (κ1) is 30.6. The Hall–Kier alpha value is -3.76. The van der Waals surface area contributed by atoms with Gasteiger partial charge in [-0.2, -0.15) is 9.97 Å². The van der Waals surface area contributed by atoms with Crippen molar-refractivity contribution in [2.75, 3.05) is 37.7 Å². The van der Waals surface area contributed by atoms with Crippen molar-refractivity contribution in [1.29, 1.82) is 0 Å². The lowest BCUT2D eigenvalue weighted by atomic mass is 9.95. The molecule has 2 aromatic heterocycles. The number of carbonyl (C=O) groups excluding carboxylic acids is 1. The predicted molar refractivity (Wildman–Crippen MR) is 181 cm³/mol. The fraction of sp³-hybridized carbons (Fsp3) is 0.500. The summed E-state index contributed by atoms with van der Waals surface area (Å²) in [5.41, 5.74) is 0.348. The van der Waals surface area contributed by atoms with Gasteiger partial charge in [0, 0.05) is 35.3 Å². The molecular weight excluding hydrogens is 619 g/mol. The van der Waals surface area contributed by atoms with Gasteiger partial charge in [0.05, 0.1) is 23.0 Å². The van der Waals surface area contributed by atoms with E-state index in [0.717, 1.165) is 62.4 Å². The summed E-state index contributed by atoms with van der Waals surface area (Å²) >= 11 is 6.64. The van der Waals surface area contributed by atoms with Crippen LogP contribution in [0, 0.1) is 5.82 Å². The maximum absolute atomic E-state index is 16.8. The van der Waals surface area contributed by atoms with Crippen LogP contribution in [-0.2, 0) is 4.74 Å². The molecule has 9 nitrogen and oxygen atoms in total. The smallest absolute Gasteiger partial charge is 0.410 e. The highest BCUT2D eigenvalue weighted by Crippen LogP contribution is 2.41. The van der Waals surface area contributed by atoms with Gasteiger partial charge in [-0.05, 0) is 83.8 Å². The number of pyridine rings is 1. The van der Waals surface area contributed by atoms with Gasteiger partial charge in [0.25, 0.3) is 0 Å². The normalized spacial score (nSPS) is 22.3. The average molecular weight is 659 g/mol. The van der Waals surface area contributed by atoms with E-state index < -0.39 is 11.4 Å². The van der Waals surface area contributed by atoms with E-state index in [4.69, 9.17) is 31.0 Å². The first-order valence-corrected chi connectivity index (χ1v) is 17.2. The topological polar surface area (TPSA) is 83.9 Å². The molecule has 2 unspecified atom stereocenters. The molecule has 47 heavy (non-hydrogen) atoms. The molecule has 0 saturated carbocycles. The van der Waals surface area contributed by atoms with Crippen LogP contribution in [0.4, 0.5) is 15.0 Å². The largest absolute Gasteiger partial charge is 0.461 e. The molecule has 8 rings (SSSR count). The average Bonchev–Trinajstić information content (AvgIpc) is 3.70. The molecule has 2 bridgehead atoms. The molecule has 6 heterocycles. The zero-order valence-corrected chi connectivity index (χ0v) is 27.9. The number of nitrogens with zero attached hydrogens (tertiary/aromatic N) is 6. The lowest BCUT2D eigenvalue weighted by Crippen LogP contribution is -2.57. The summed E-state index contributed by atoms with van der Waals surface area (Å²) < 4.78 is 29.0. The van der Waals surface area contributed by atoms with Crippen molar-refractivity contribution in [2.24, 2.45) is 0 Å². The van der Waals surface area contributed by atoms with E-state index >= 15 is 4.39 Å². The van der Waals surface area contributed by atoms with Gasteiger partial charge in [0.15, 0.2) is 5.82 Å². The first-order chi connectivity index (χ1) is 22.6. The second-order valence-corrected chi connectivity index (χ2v) is 14.9. The maximum Gasteiger partial charge on any atom is 0.410 e. The van der Waals surface area contributed by atoms with Crippen LogP contribution in [0.3, 0.4) is 0 Å². The molecule has 4 aliphatic rings. The third-order valence-electron chi connectivity index (χ3n) is 10.4. The zero-order valence-electron chi connectivity index (χ0n) is 27.1. The van der Waals surface area contributed by atoms with E-state index in [9.17, 15) is 4.79 Å². The van der Waals surface area contributed by atoms with Crippen LogP contribution in [-0.4, -0.2) is 86.9 Å². The molecule has 11 heteroatoms. The Bertz CT molecular complexity index is 1850. The van der Waals surface area contributed by atoms with Crippen LogP contribution in [0.2, 0.25) is 5.02 Å². The van der Waals surface area contributed by atoms with Crippen LogP contribution >= 0.6 is 11.6 Å². The molecule has 4 fully saturated rings. The fourth-order valence-electron chi connectivity index (χ4n) is 8.36. The molecule has 4 saturated heterocycles. The molecular formula is C36H40ClFN6O3. The zero-order chi connectivity index (χ0) is 32.5. The highest BCUT2D eigenvalue weighted by Gasteiger charge is 2.46. The summed E-state index contributed by atoms with van der Waals surface area (Å²) in [6.45, 7) is 9.36. The van der Waals surface area contributed by atoms with Crippen molar-refractivity contribution >= 4 is 45.2 Å². The van der Waals surface area contributed by atoms with Gasteiger partial charge in [-0.15, -0.1) is 0 Å². The Morgan fingerprint density at radius 3 is 2.45 bits per heavy atom. The summed E-state index contributed by atoms with van der Waals surface area (Å²) in [5.74, 6) is 0.0344. The van der Waals surface area contributed by atoms with Crippen LogP contribution in [0.1, 0.15) is 59.3 Å². The predicted octanol–water partition coefficient (Wildman–Crippen LogP) is 7.23. The lowest BCUT2D eigenvalue weighted by molar-refractivity contribution is 0.0122. The van der Waals surface area contributed by atoms with Crippen molar-refractivity contribution in [1.82, 2.24) is 24.8 Å². The number of hydrogen-bond donors (Lipinski definition) is 0. The molecule has 4 aliphatic heterocycles. The van der Waals surface area contributed by atoms with Gasteiger partial charge in [-0.1, -0.05) is 41.9 Å². The molecule has 0 N–H and O–H groups in total. The molecule has 2 atom stereocenters. The van der Waals surface area contributed by atoms with Gasteiger partial charge >= 0.3 is 12.1 Å². The maximum atomic E-state index is 16.8. The SMILES string of the molecule is CC(C)(C)OC(=O)N1C2CCC1CN(c1nc(OCC34CCCN3CCC4)nc3c(F)c(-c4cccc5cccc(Cl)c45)ncc13)C2. The van der Waals surface area contributed by atoms with E-state index in [1.165, 1.54) is 0 Å². The van der Waals surface area contributed by atoms with Gasteiger partial charge in [0.1, 0.15) is 29.2 Å². The Labute approximate surface area is 279 Å². The van der Waals surface area contributed by atoms with Crippen LogP contribution < -0.4 is 9.64 Å². The number of rotatable bonds is 5. The minimum absolute atomic E-state index is 0.0156. The molecule has 0 aliphatic carbocycles. The van der Waals surface area contributed by atoms with E-state index in [2.05, 4.69) is 14.8 Å². The van der Waals surface area contributed by atoms with Crippen LogP contribution in [0.5, 0.6) is 6.01 Å². The van der Waals surface area contributed by atoms with Crippen molar-refractivity contribution in [3.05, 3.63) is 53.4 Å². The summed E-state index contributed by atoms with van der Waals surface area (Å²) in [5, 5.41) is 2.68. The van der Waals surface area contributed by atoms with E-state index in [1.54, 1.807) is 12.3 Å². The molecule has 2 aromatic carbocycles. The first-order valence-electron chi connectivity index (χ1n) is 16.8. The number of anilines is 1. The molecule has 4 aromatic rings. The summed E-state index contributed by atoms with van der Waals surface area (Å²) in [7, 11) is 0. The van der Waals surface area contributed by atoms with Gasteiger partial charge in [-0.3, -0.25) is 14.8 Å². The Morgan fingerprint density at radius 2 is 1.74 bits per heavy atom. The Kier molecular flexibility index (Phi) is 7.44. The molecule has 246 valence electrons. The number of halogens is 2. The summed E-state index contributed by atoms with van der Waals surface area (Å²) in [6.07, 6.45) is 7.56. The number of carbonyl (C=O) groups is 1. The molecule has 1 amide bonds. The third-order valence-corrected chi connectivity index (χ3v) is 10.7. The van der Waals surface area contributed by atoms with E-state index in [-0.39, 0.29) is 40.9 Å². The van der Waals surface area contributed by atoms with E-state index in [1.807, 2.05) is 56.0 Å². The highest BCUT2D eigenvalue weighted by molar-refractivity contribution is 6.36. The second-order valence-electron chi connectivity index (χ2n) is 14.5. The monoisotopic (exact) mass is 658 g/mol. The summed E-state index contributed by atoms with van der Waals surface area (Å²) in [6, 6.07) is 11.4. The second kappa shape index (κ2) is 11.4. The Morgan fingerprint density at radius 1 is 1.04 bits per heavy atom. The molecule has 0 radical (unpaired) electrons. The Balaban J connectivity index is 1.20. The number of fused-ring (bicyclic) bond motifs is 5. The van der Waals surface area contributed by atoms with Gasteiger partial charge < -0.3 is 14.4 Å². The number of benzene rings is 2. The van der Waals surface area contributed by atoms with E-state index in [0.29, 0.717) is 41.5 Å². The molecule has 0 spiro atoms. The van der Waals surface area contributed by atoms with Crippen molar-refractivity contribution in [2.45, 2.75) is 82.5 Å².